The Labute approximate surface area is 75.7 Å². The molecule has 2 atom stereocenters. The minimum Gasteiger partial charge on any atom is -0.0528 e. The van der Waals surface area contributed by atoms with Gasteiger partial charge in [0, 0.05) is 0 Å². The second-order valence-electron chi connectivity index (χ2n) is 5.36. The van der Waals surface area contributed by atoms with Crippen LogP contribution in [0.5, 0.6) is 0 Å². The molecule has 0 N–H and O–H groups in total. The van der Waals surface area contributed by atoms with E-state index in [1.165, 1.54) is 30.1 Å². The van der Waals surface area contributed by atoms with Gasteiger partial charge in [-0.25, -0.2) is 0 Å². The molecule has 0 saturated heterocycles. The van der Waals surface area contributed by atoms with E-state index in [0.717, 1.165) is 0 Å². The molecule has 0 spiro atoms. The van der Waals surface area contributed by atoms with Crippen LogP contribution in [0, 0.1) is 23.7 Å². The third kappa shape index (κ3) is 1.20. The maximum Gasteiger partial charge on any atom is -0.0383 e. The van der Waals surface area contributed by atoms with E-state index in [0.29, 0.717) is 0 Å². The molecule has 0 aliphatic heterocycles. The quantitative estimate of drug-likeness (QED) is 0.585. The van der Waals surface area contributed by atoms with Crippen molar-refractivity contribution >= 4 is 0 Å². The van der Waals surface area contributed by atoms with Gasteiger partial charge in [-0.3, -0.25) is 0 Å². The Hall–Kier alpha value is 0. The van der Waals surface area contributed by atoms with E-state index in [1.807, 2.05) is 0 Å². The lowest BCUT2D eigenvalue weighted by atomic mass is 9.75. The summed E-state index contributed by atoms with van der Waals surface area (Å²) in [6, 6.07) is 0. The van der Waals surface area contributed by atoms with Crippen LogP contribution < -0.4 is 0 Å². The molecular weight excluding hydrogens is 144 g/mol. The van der Waals surface area contributed by atoms with Crippen LogP contribution in [0.1, 0.15) is 51.4 Å². The summed E-state index contributed by atoms with van der Waals surface area (Å²) in [5, 5.41) is 0. The van der Waals surface area contributed by atoms with Gasteiger partial charge >= 0.3 is 0 Å². The third-order valence-corrected chi connectivity index (χ3v) is 4.62. The highest BCUT2D eigenvalue weighted by Gasteiger charge is 2.39. The maximum atomic E-state index is 1.62. The smallest absolute Gasteiger partial charge is 0.0383 e. The van der Waals surface area contributed by atoms with Crippen molar-refractivity contribution in [3.8, 4) is 0 Å². The summed E-state index contributed by atoms with van der Waals surface area (Å²) in [4.78, 5) is 0. The third-order valence-electron chi connectivity index (χ3n) is 4.62. The van der Waals surface area contributed by atoms with Gasteiger partial charge in [0.05, 0.1) is 0 Å². The molecule has 0 aromatic rings. The summed E-state index contributed by atoms with van der Waals surface area (Å²) < 4.78 is 0. The van der Waals surface area contributed by atoms with Crippen molar-refractivity contribution in [2.24, 2.45) is 23.7 Å². The molecule has 68 valence electrons. The molecule has 12 heavy (non-hydrogen) atoms. The second kappa shape index (κ2) is 2.75. The molecule has 0 bridgehead atoms. The Balaban J connectivity index is 1.54. The van der Waals surface area contributed by atoms with Gasteiger partial charge in [-0.1, -0.05) is 19.3 Å². The fourth-order valence-corrected chi connectivity index (χ4v) is 3.39. The summed E-state index contributed by atoms with van der Waals surface area (Å²) >= 11 is 0. The van der Waals surface area contributed by atoms with E-state index < -0.39 is 0 Å². The molecule has 0 nitrogen and oxygen atoms in total. The van der Waals surface area contributed by atoms with E-state index in [9.17, 15) is 0 Å². The van der Waals surface area contributed by atoms with Crippen LogP contribution >= 0.6 is 0 Å². The van der Waals surface area contributed by atoms with Gasteiger partial charge in [0.1, 0.15) is 0 Å². The summed E-state index contributed by atoms with van der Waals surface area (Å²) in [6.07, 6.45) is 12.6. The average Bonchev–Trinajstić information content (AvgIpc) is 2.70. The fourth-order valence-electron chi connectivity index (χ4n) is 3.39. The van der Waals surface area contributed by atoms with Gasteiger partial charge in [-0.05, 0) is 55.8 Å². The van der Waals surface area contributed by atoms with Crippen molar-refractivity contribution in [3.63, 3.8) is 0 Å². The fraction of sp³-hybridized carbons (Fsp3) is 1.00. The Bertz CT molecular complexity index is 165. The zero-order chi connectivity index (χ0) is 7.97. The van der Waals surface area contributed by atoms with Crippen LogP contribution in [-0.4, -0.2) is 0 Å². The van der Waals surface area contributed by atoms with Crippen LogP contribution in [0.25, 0.3) is 0 Å². The van der Waals surface area contributed by atoms with Crippen molar-refractivity contribution in [2.45, 2.75) is 51.4 Å². The molecule has 0 radical (unpaired) electrons. The van der Waals surface area contributed by atoms with Crippen molar-refractivity contribution < 1.29 is 0 Å². The molecule has 3 aliphatic carbocycles. The largest absolute Gasteiger partial charge is 0.0528 e. The zero-order valence-electron chi connectivity index (χ0n) is 7.97. The summed E-state index contributed by atoms with van der Waals surface area (Å²) in [6.45, 7) is 0. The maximum absolute atomic E-state index is 1.62. The molecule has 3 aliphatic rings. The molecule has 0 heteroatoms. The van der Waals surface area contributed by atoms with Crippen LogP contribution in [-0.2, 0) is 0 Å². The number of hydrogen-bond acceptors (Lipinski definition) is 0. The predicted molar refractivity (Wildman–Crippen MR) is 50.9 cm³/mol. The standard InChI is InChI=1S/C12H20/c1-2-9(3-1)11-6-7-12(8-11)10-4-5-10/h9-12H,1-8H2. The first-order valence-corrected chi connectivity index (χ1v) is 5.93. The summed E-state index contributed by atoms with van der Waals surface area (Å²) in [5.41, 5.74) is 0. The first-order valence-electron chi connectivity index (χ1n) is 5.93. The Morgan fingerprint density at radius 2 is 1.00 bits per heavy atom. The highest BCUT2D eigenvalue weighted by atomic mass is 14.4. The van der Waals surface area contributed by atoms with Gasteiger partial charge in [0.2, 0.25) is 0 Å². The Morgan fingerprint density at radius 1 is 0.500 bits per heavy atom. The van der Waals surface area contributed by atoms with Gasteiger partial charge in [0.15, 0.2) is 0 Å². The van der Waals surface area contributed by atoms with Crippen LogP contribution in [0.4, 0.5) is 0 Å². The molecule has 2 unspecified atom stereocenters. The summed E-state index contributed by atoms with van der Waals surface area (Å²) in [7, 11) is 0. The molecule has 0 amide bonds. The van der Waals surface area contributed by atoms with E-state index in [2.05, 4.69) is 0 Å². The van der Waals surface area contributed by atoms with Gasteiger partial charge in [0.25, 0.3) is 0 Å². The molecule has 3 rings (SSSR count). The normalized spacial score (nSPS) is 43.0. The van der Waals surface area contributed by atoms with E-state index in [1.54, 1.807) is 44.9 Å². The second-order valence-corrected chi connectivity index (χ2v) is 5.36. The van der Waals surface area contributed by atoms with E-state index >= 15 is 0 Å². The van der Waals surface area contributed by atoms with E-state index in [4.69, 9.17) is 0 Å². The minimum absolute atomic E-state index is 1.17. The summed E-state index contributed by atoms with van der Waals surface area (Å²) in [5.74, 6) is 4.71. The number of hydrogen-bond donors (Lipinski definition) is 0. The SMILES string of the molecule is C1CC(C2CCC(C3CC3)C2)C1. The van der Waals surface area contributed by atoms with E-state index in [-0.39, 0.29) is 0 Å². The highest BCUT2D eigenvalue weighted by Crippen LogP contribution is 2.51. The van der Waals surface area contributed by atoms with Crippen LogP contribution in [0.2, 0.25) is 0 Å². The molecule has 0 heterocycles. The topological polar surface area (TPSA) is 0 Å². The lowest BCUT2D eigenvalue weighted by molar-refractivity contribution is 0.203. The van der Waals surface area contributed by atoms with Gasteiger partial charge in [-0.2, -0.15) is 0 Å². The monoisotopic (exact) mass is 164 g/mol. The minimum atomic E-state index is 1.17. The first-order chi connectivity index (χ1) is 5.93. The molecule has 0 aromatic carbocycles. The number of rotatable bonds is 2. The molecule has 0 aromatic heterocycles. The Morgan fingerprint density at radius 3 is 1.42 bits per heavy atom. The van der Waals surface area contributed by atoms with Crippen molar-refractivity contribution in [3.05, 3.63) is 0 Å². The Kier molecular flexibility index (Phi) is 1.70. The van der Waals surface area contributed by atoms with Gasteiger partial charge in [-0.15, -0.1) is 0 Å². The molecule has 3 saturated carbocycles. The lowest BCUT2D eigenvalue weighted by Gasteiger charge is -2.31. The zero-order valence-corrected chi connectivity index (χ0v) is 7.97. The predicted octanol–water partition coefficient (Wildman–Crippen LogP) is 3.61. The van der Waals surface area contributed by atoms with Gasteiger partial charge < -0.3 is 0 Å². The van der Waals surface area contributed by atoms with Crippen LogP contribution in [0.3, 0.4) is 0 Å². The lowest BCUT2D eigenvalue weighted by Crippen LogP contribution is -2.19. The average molecular weight is 164 g/mol. The molecular formula is C12H20. The van der Waals surface area contributed by atoms with Crippen LogP contribution in [0.15, 0.2) is 0 Å². The van der Waals surface area contributed by atoms with Crippen molar-refractivity contribution in [1.82, 2.24) is 0 Å². The van der Waals surface area contributed by atoms with Crippen molar-refractivity contribution in [2.75, 3.05) is 0 Å². The molecule has 3 fully saturated rings. The first kappa shape index (κ1) is 7.41. The highest BCUT2D eigenvalue weighted by molar-refractivity contribution is 4.91. The van der Waals surface area contributed by atoms with Crippen molar-refractivity contribution in [1.29, 1.82) is 0 Å².